The predicted molar refractivity (Wildman–Crippen MR) is 78.6 cm³/mol. The van der Waals surface area contributed by atoms with Gasteiger partial charge in [0, 0.05) is 18.7 Å². The molecule has 0 saturated carbocycles. The van der Waals surface area contributed by atoms with E-state index >= 15 is 0 Å². The number of nitrogens with zero attached hydrogens (tertiary/aromatic N) is 4. The molecule has 3 N–H and O–H groups in total. The fourth-order valence-electron chi connectivity index (χ4n) is 2.75. The molecule has 1 fully saturated rings. The Morgan fingerprint density at radius 3 is 2.90 bits per heavy atom. The van der Waals surface area contributed by atoms with E-state index in [1.165, 1.54) is 6.07 Å². The summed E-state index contributed by atoms with van der Waals surface area (Å²) in [5.41, 5.74) is 5.14. The molecule has 0 radical (unpaired) electrons. The van der Waals surface area contributed by atoms with Crippen molar-refractivity contribution >= 4 is 17.3 Å². The van der Waals surface area contributed by atoms with Gasteiger partial charge in [-0.1, -0.05) is 19.0 Å². The summed E-state index contributed by atoms with van der Waals surface area (Å²) in [6, 6.07) is 3.32. The molecule has 21 heavy (non-hydrogen) atoms. The summed E-state index contributed by atoms with van der Waals surface area (Å²) in [6.45, 7) is 5.13. The minimum absolute atomic E-state index is 0.102. The number of anilines is 1. The van der Waals surface area contributed by atoms with Crippen LogP contribution in [0.3, 0.4) is 0 Å². The molecule has 1 saturated heterocycles. The highest BCUT2D eigenvalue weighted by atomic mass is 16.6. The molecule has 1 unspecified atom stereocenters. The first-order chi connectivity index (χ1) is 9.95. The van der Waals surface area contributed by atoms with E-state index in [2.05, 4.69) is 28.9 Å². The van der Waals surface area contributed by atoms with E-state index in [0.717, 1.165) is 19.4 Å². The van der Waals surface area contributed by atoms with Gasteiger partial charge in [0.15, 0.2) is 11.5 Å². The first-order valence-corrected chi connectivity index (χ1v) is 6.85. The molecule has 0 bridgehead atoms. The number of rotatable bonds is 4. The van der Waals surface area contributed by atoms with E-state index in [9.17, 15) is 10.1 Å². The number of aromatic nitrogens is 1. The lowest BCUT2D eigenvalue weighted by atomic mass is 10.0. The molecular formula is C13H19N5O3. The molecule has 0 amide bonds. The summed E-state index contributed by atoms with van der Waals surface area (Å²) in [6.07, 6.45) is 2.12. The van der Waals surface area contributed by atoms with Crippen molar-refractivity contribution in [3.63, 3.8) is 0 Å². The molecule has 0 aliphatic carbocycles. The van der Waals surface area contributed by atoms with Gasteiger partial charge >= 0.3 is 0 Å². The largest absolute Gasteiger partial charge is 0.409 e. The van der Waals surface area contributed by atoms with E-state index < -0.39 is 4.92 Å². The van der Waals surface area contributed by atoms with Crippen molar-refractivity contribution in [2.75, 3.05) is 11.4 Å². The third kappa shape index (κ3) is 2.88. The first kappa shape index (κ1) is 15.0. The normalized spacial score (nSPS) is 19.3. The third-order valence-electron chi connectivity index (χ3n) is 3.77. The second-order valence-electron chi connectivity index (χ2n) is 5.43. The zero-order chi connectivity index (χ0) is 15.6. The fraction of sp³-hybridized carbons (Fsp3) is 0.538. The Balaban J connectivity index is 2.44. The van der Waals surface area contributed by atoms with Crippen molar-refractivity contribution in [1.29, 1.82) is 0 Å². The summed E-state index contributed by atoms with van der Waals surface area (Å²) in [7, 11) is 0. The van der Waals surface area contributed by atoms with Crippen LogP contribution in [0.2, 0.25) is 0 Å². The Hall–Kier alpha value is -2.38. The van der Waals surface area contributed by atoms with Crippen LogP contribution < -0.4 is 10.6 Å². The zero-order valence-corrected chi connectivity index (χ0v) is 12.1. The maximum atomic E-state index is 11.0. The number of oxime groups is 1. The molecule has 1 atom stereocenters. The first-order valence-electron chi connectivity index (χ1n) is 6.85. The van der Waals surface area contributed by atoms with Crippen LogP contribution in [0.1, 0.15) is 32.4 Å². The van der Waals surface area contributed by atoms with Crippen LogP contribution >= 0.6 is 0 Å². The van der Waals surface area contributed by atoms with E-state index in [0.29, 0.717) is 17.8 Å². The second-order valence-corrected chi connectivity index (χ2v) is 5.43. The highest BCUT2D eigenvalue weighted by Crippen LogP contribution is 2.30. The summed E-state index contributed by atoms with van der Waals surface area (Å²) in [4.78, 5) is 16.8. The standard InChI is InChI=1S/C13H19N5O3/c1-8(2)9-4-3-7-17(9)11-6-5-10(18(20)21)12(15-11)13(14)16-19/h5-6,8-9,19H,3-4,7H2,1-2H3,(H2,14,16). The van der Waals surface area contributed by atoms with Crippen molar-refractivity contribution < 1.29 is 10.1 Å². The van der Waals surface area contributed by atoms with Gasteiger partial charge in [-0.05, 0) is 24.8 Å². The highest BCUT2D eigenvalue weighted by Gasteiger charge is 2.30. The van der Waals surface area contributed by atoms with Gasteiger partial charge < -0.3 is 15.8 Å². The lowest BCUT2D eigenvalue weighted by molar-refractivity contribution is -0.385. The maximum Gasteiger partial charge on any atom is 0.298 e. The number of pyridine rings is 1. The molecule has 1 aromatic heterocycles. The summed E-state index contributed by atoms with van der Waals surface area (Å²) >= 11 is 0. The van der Waals surface area contributed by atoms with Crippen molar-refractivity contribution in [3.05, 3.63) is 27.9 Å². The lowest BCUT2D eigenvalue weighted by Gasteiger charge is -2.28. The average molecular weight is 293 g/mol. The smallest absolute Gasteiger partial charge is 0.298 e. The SMILES string of the molecule is CC(C)C1CCCN1c1ccc([N+](=O)[O-])c(/C(N)=N/O)n1. The highest BCUT2D eigenvalue weighted by molar-refractivity contribution is 5.99. The van der Waals surface area contributed by atoms with Crippen LogP contribution in [0, 0.1) is 16.0 Å². The van der Waals surface area contributed by atoms with Crippen LogP contribution in [-0.2, 0) is 0 Å². The van der Waals surface area contributed by atoms with Crippen molar-refractivity contribution in [1.82, 2.24) is 4.98 Å². The average Bonchev–Trinajstić information content (AvgIpc) is 2.95. The minimum atomic E-state index is -0.589. The lowest BCUT2D eigenvalue weighted by Crippen LogP contribution is -2.34. The monoisotopic (exact) mass is 293 g/mol. The van der Waals surface area contributed by atoms with Crippen LogP contribution in [0.5, 0.6) is 0 Å². The fourth-order valence-corrected chi connectivity index (χ4v) is 2.75. The van der Waals surface area contributed by atoms with Gasteiger partial charge in [-0.3, -0.25) is 10.1 Å². The number of hydrogen-bond acceptors (Lipinski definition) is 6. The van der Waals surface area contributed by atoms with Gasteiger partial charge in [0.1, 0.15) is 5.82 Å². The summed E-state index contributed by atoms with van der Waals surface area (Å²) in [5.74, 6) is 0.721. The molecule has 0 spiro atoms. The molecule has 1 aliphatic heterocycles. The molecule has 1 aliphatic rings. The van der Waals surface area contributed by atoms with Gasteiger partial charge in [0.25, 0.3) is 5.69 Å². The quantitative estimate of drug-likeness (QED) is 0.287. The predicted octanol–water partition coefficient (Wildman–Crippen LogP) is 1.71. The molecule has 0 aromatic carbocycles. The van der Waals surface area contributed by atoms with E-state index in [-0.39, 0.29) is 17.2 Å². The van der Waals surface area contributed by atoms with Crippen LogP contribution in [0.15, 0.2) is 17.3 Å². The van der Waals surface area contributed by atoms with Crippen molar-refractivity contribution in [3.8, 4) is 0 Å². The van der Waals surface area contributed by atoms with Gasteiger partial charge in [-0.25, -0.2) is 4.98 Å². The van der Waals surface area contributed by atoms with Gasteiger partial charge in [-0.15, -0.1) is 0 Å². The number of nitro groups is 1. The number of amidine groups is 1. The topological polar surface area (TPSA) is 118 Å². The summed E-state index contributed by atoms with van der Waals surface area (Å²) in [5, 5.41) is 22.6. The third-order valence-corrected chi connectivity index (χ3v) is 3.77. The molecular weight excluding hydrogens is 274 g/mol. The van der Waals surface area contributed by atoms with E-state index in [4.69, 9.17) is 10.9 Å². The van der Waals surface area contributed by atoms with Crippen LogP contribution in [0.25, 0.3) is 0 Å². The minimum Gasteiger partial charge on any atom is -0.409 e. The Morgan fingerprint density at radius 1 is 1.62 bits per heavy atom. The van der Waals surface area contributed by atoms with Gasteiger partial charge in [0.05, 0.1) is 4.92 Å². The molecule has 8 heteroatoms. The Kier molecular flexibility index (Phi) is 4.25. The molecule has 114 valence electrons. The molecule has 2 heterocycles. The molecule has 8 nitrogen and oxygen atoms in total. The van der Waals surface area contributed by atoms with Gasteiger partial charge in [-0.2, -0.15) is 0 Å². The number of hydrogen-bond donors (Lipinski definition) is 2. The van der Waals surface area contributed by atoms with Crippen molar-refractivity contribution in [2.24, 2.45) is 16.8 Å². The molecule has 1 aromatic rings. The molecule has 2 rings (SSSR count). The van der Waals surface area contributed by atoms with E-state index in [1.54, 1.807) is 6.07 Å². The second kappa shape index (κ2) is 5.94. The Labute approximate surface area is 122 Å². The van der Waals surface area contributed by atoms with Crippen LogP contribution in [-0.4, -0.2) is 33.5 Å². The Morgan fingerprint density at radius 2 is 2.33 bits per heavy atom. The van der Waals surface area contributed by atoms with Crippen molar-refractivity contribution in [2.45, 2.75) is 32.7 Å². The zero-order valence-electron chi connectivity index (χ0n) is 12.1. The van der Waals surface area contributed by atoms with Gasteiger partial charge in [0.2, 0.25) is 0 Å². The summed E-state index contributed by atoms with van der Waals surface area (Å²) < 4.78 is 0. The number of nitrogens with two attached hydrogens (primary N) is 1. The Bertz CT molecular complexity index is 573. The van der Waals surface area contributed by atoms with E-state index in [1.807, 2.05) is 0 Å². The maximum absolute atomic E-state index is 11.0. The van der Waals surface area contributed by atoms with Crippen LogP contribution in [0.4, 0.5) is 11.5 Å².